The predicted octanol–water partition coefficient (Wildman–Crippen LogP) is 3.24. The van der Waals surface area contributed by atoms with Crippen LogP contribution in [0, 0.1) is 27.7 Å². The lowest BCUT2D eigenvalue weighted by atomic mass is 10.0. The van der Waals surface area contributed by atoms with Gasteiger partial charge in [-0.25, -0.2) is 9.78 Å². The van der Waals surface area contributed by atoms with E-state index in [4.69, 9.17) is 4.98 Å². The van der Waals surface area contributed by atoms with E-state index in [0.29, 0.717) is 12.1 Å². The Bertz CT molecular complexity index is 1420. The van der Waals surface area contributed by atoms with E-state index in [2.05, 4.69) is 37.4 Å². The van der Waals surface area contributed by atoms with Crippen molar-refractivity contribution in [1.29, 1.82) is 0 Å². The van der Waals surface area contributed by atoms with E-state index in [9.17, 15) is 9.59 Å². The highest BCUT2D eigenvalue weighted by molar-refractivity contribution is 5.76. The number of fused-ring (bicyclic) bond motifs is 1. The van der Waals surface area contributed by atoms with Gasteiger partial charge in [-0.15, -0.1) is 0 Å². The number of aryl methyl sites for hydroxylation is 5. The van der Waals surface area contributed by atoms with Gasteiger partial charge in [0.05, 0.1) is 16.9 Å². The summed E-state index contributed by atoms with van der Waals surface area (Å²) < 4.78 is 4.56. The highest BCUT2D eigenvalue weighted by Crippen LogP contribution is 2.27. The summed E-state index contributed by atoms with van der Waals surface area (Å²) in [4.78, 5) is 29.7. The van der Waals surface area contributed by atoms with Gasteiger partial charge in [0.1, 0.15) is 0 Å². The maximum atomic E-state index is 12.9. The standard InChI is InChI=1S/C24H27N5O2/c1-14-8-7-9-15(2)19(14)11-25-21-10-18(12-29-17(4)16(3)26-22(21)29)20-13-27(5)24(31)28(6)23(20)30/h7-10,12-13,25H,11H2,1-6H3. The van der Waals surface area contributed by atoms with Crippen LogP contribution in [0.2, 0.25) is 0 Å². The molecule has 0 unspecified atom stereocenters. The lowest BCUT2D eigenvalue weighted by Gasteiger charge is -2.15. The Hall–Kier alpha value is -3.61. The highest BCUT2D eigenvalue weighted by Gasteiger charge is 2.16. The Labute approximate surface area is 180 Å². The molecule has 160 valence electrons. The number of hydrogen-bond donors (Lipinski definition) is 1. The summed E-state index contributed by atoms with van der Waals surface area (Å²) in [5.41, 5.74) is 7.80. The molecule has 1 N–H and O–H groups in total. The summed E-state index contributed by atoms with van der Waals surface area (Å²) in [5, 5.41) is 3.54. The molecule has 3 heterocycles. The number of aromatic nitrogens is 4. The number of nitrogens with zero attached hydrogens (tertiary/aromatic N) is 4. The van der Waals surface area contributed by atoms with Gasteiger partial charge in [0.2, 0.25) is 0 Å². The van der Waals surface area contributed by atoms with Crippen LogP contribution in [0.5, 0.6) is 0 Å². The largest absolute Gasteiger partial charge is 0.378 e. The Balaban J connectivity index is 1.89. The summed E-state index contributed by atoms with van der Waals surface area (Å²) in [5.74, 6) is 0. The number of nitrogens with one attached hydrogen (secondary N) is 1. The summed E-state index contributed by atoms with van der Waals surface area (Å²) in [6.07, 6.45) is 3.51. The second kappa shape index (κ2) is 7.58. The van der Waals surface area contributed by atoms with Crippen LogP contribution in [0.1, 0.15) is 28.1 Å². The van der Waals surface area contributed by atoms with Crippen molar-refractivity contribution in [2.75, 3.05) is 5.32 Å². The molecule has 0 amide bonds. The topological polar surface area (TPSA) is 73.3 Å². The van der Waals surface area contributed by atoms with Crippen LogP contribution >= 0.6 is 0 Å². The van der Waals surface area contributed by atoms with Crippen molar-refractivity contribution in [1.82, 2.24) is 18.5 Å². The molecule has 0 aliphatic heterocycles. The van der Waals surface area contributed by atoms with Crippen molar-refractivity contribution in [3.63, 3.8) is 0 Å². The molecular formula is C24H27N5O2. The van der Waals surface area contributed by atoms with Gasteiger partial charge in [-0.05, 0) is 50.5 Å². The van der Waals surface area contributed by atoms with E-state index in [0.717, 1.165) is 32.9 Å². The molecule has 0 spiro atoms. The Kier molecular flexibility index (Phi) is 5.05. The molecule has 0 bridgehead atoms. The first kappa shape index (κ1) is 20.7. The third kappa shape index (κ3) is 3.46. The maximum absolute atomic E-state index is 12.9. The smallest absolute Gasteiger partial charge is 0.330 e. The molecule has 0 aliphatic carbocycles. The lowest BCUT2D eigenvalue weighted by molar-refractivity contribution is 0.688. The second-order valence-corrected chi connectivity index (χ2v) is 8.14. The van der Waals surface area contributed by atoms with Crippen molar-refractivity contribution in [3.8, 4) is 11.1 Å². The fraction of sp³-hybridized carbons (Fsp3) is 0.292. The van der Waals surface area contributed by atoms with E-state index in [-0.39, 0.29) is 11.2 Å². The highest BCUT2D eigenvalue weighted by atomic mass is 16.2. The van der Waals surface area contributed by atoms with Gasteiger partial charge >= 0.3 is 5.69 Å². The molecule has 1 aromatic carbocycles. The number of rotatable bonds is 4. The number of benzene rings is 1. The summed E-state index contributed by atoms with van der Waals surface area (Å²) in [6.45, 7) is 8.84. The van der Waals surface area contributed by atoms with Crippen LogP contribution in [0.15, 0.2) is 46.2 Å². The summed E-state index contributed by atoms with van der Waals surface area (Å²) >= 11 is 0. The lowest BCUT2D eigenvalue weighted by Crippen LogP contribution is -2.37. The molecule has 0 atom stereocenters. The number of pyridine rings is 1. The number of hydrogen-bond acceptors (Lipinski definition) is 4. The fourth-order valence-corrected chi connectivity index (χ4v) is 3.97. The minimum atomic E-state index is -0.349. The molecule has 0 fully saturated rings. The Morgan fingerprint density at radius 1 is 1.00 bits per heavy atom. The molecule has 4 rings (SSSR count). The molecule has 0 aliphatic rings. The van der Waals surface area contributed by atoms with Crippen LogP contribution in [-0.2, 0) is 20.6 Å². The normalized spacial score (nSPS) is 11.3. The first-order chi connectivity index (χ1) is 14.7. The summed E-state index contributed by atoms with van der Waals surface area (Å²) in [7, 11) is 3.15. The fourth-order valence-electron chi connectivity index (χ4n) is 3.97. The van der Waals surface area contributed by atoms with Gasteiger partial charge in [0, 0.05) is 44.3 Å². The van der Waals surface area contributed by atoms with E-state index in [1.165, 1.54) is 28.3 Å². The Morgan fingerprint density at radius 2 is 1.68 bits per heavy atom. The Morgan fingerprint density at radius 3 is 2.35 bits per heavy atom. The van der Waals surface area contributed by atoms with Gasteiger partial charge in [0.15, 0.2) is 5.65 Å². The van der Waals surface area contributed by atoms with Crippen molar-refractivity contribution in [2.45, 2.75) is 34.2 Å². The van der Waals surface area contributed by atoms with E-state index in [1.807, 2.05) is 30.5 Å². The van der Waals surface area contributed by atoms with Crippen LogP contribution in [0.3, 0.4) is 0 Å². The zero-order chi connectivity index (χ0) is 22.4. The minimum absolute atomic E-state index is 0.322. The van der Waals surface area contributed by atoms with Crippen LogP contribution < -0.4 is 16.6 Å². The monoisotopic (exact) mass is 417 g/mol. The van der Waals surface area contributed by atoms with Crippen molar-refractivity contribution in [3.05, 3.63) is 85.6 Å². The average molecular weight is 418 g/mol. The third-order valence-corrected chi connectivity index (χ3v) is 6.05. The number of imidazole rings is 1. The molecule has 7 heteroatoms. The molecule has 0 saturated carbocycles. The van der Waals surface area contributed by atoms with Crippen molar-refractivity contribution in [2.24, 2.45) is 14.1 Å². The molecular weight excluding hydrogens is 390 g/mol. The van der Waals surface area contributed by atoms with Crippen molar-refractivity contribution >= 4 is 11.3 Å². The molecule has 3 aromatic heterocycles. The van der Waals surface area contributed by atoms with Gasteiger partial charge in [-0.2, -0.15) is 0 Å². The van der Waals surface area contributed by atoms with Crippen LogP contribution in [0.25, 0.3) is 16.8 Å². The van der Waals surface area contributed by atoms with Gasteiger partial charge in [-0.1, -0.05) is 18.2 Å². The molecule has 31 heavy (non-hydrogen) atoms. The van der Waals surface area contributed by atoms with Gasteiger partial charge in [0.25, 0.3) is 5.56 Å². The first-order valence-electron chi connectivity index (χ1n) is 10.2. The molecule has 4 aromatic rings. The van der Waals surface area contributed by atoms with E-state index in [1.54, 1.807) is 13.2 Å². The zero-order valence-corrected chi connectivity index (χ0v) is 18.8. The molecule has 0 saturated heterocycles. The van der Waals surface area contributed by atoms with E-state index < -0.39 is 0 Å². The number of anilines is 1. The third-order valence-electron chi connectivity index (χ3n) is 6.05. The van der Waals surface area contributed by atoms with Crippen LogP contribution in [-0.4, -0.2) is 18.5 Å². The van der Waals surface area contributed by atoms with Crippen LogP contribution in [0.4, 0.5) is 5.69 Å². The predicted molar refractivity (Wildman–Crippen MR) is 124 cm³/mol. The van der Waals surface area contributed by atoms with Gasteiger partial charge < -0.3 is 14.3 Å². The molecule has 0 radical (unpaired) electrons. The summed E-state index contributed by atoms with van der Waals surface area (Å²) in [6, 6.07) is 8.21. The zero-order valence-electron chi connectivity index (χ0n) is 18.8. The quantitative estimate of drug-likeness (QED) is 0.553. The first-order valence-corrected chi connectivity index (χ1v) is 10.2. The molecule has 7 nitrogen and oxygen atoms in total. The van der Waals surface area contributed by atoms with Crippen molar-refractivity contribution < 1.29 is 0 Å². The van der Waals surface area contributed by atoms with Gasteiger partial charge in [-0.3, -0.25) is 9.36 Å². The second-order valence-electron chi connectivity index (χ2n) is 8.14. The average Bonchev–Trinajstić information content (AvgIpc) is 3.03. The SMILES string of the molecule is Cc1cccc(C)c1CNc1cc(-c2cn(C)c(=O)n(C)c2=O)cn2c(C)c(C)nc12. The maximum Gasteiger partial charge on any atom is 0.330 e. The minimum Gasteiger partial charge on any atom is -0.378 e. The van der Waals surface area contributed by atoms with E-state index >= 15 is 0 Å².